The largest absolute Gasteiger partial charge is 0.394 e. The van der Waals surface area contributed by atoms with E-state index < -0.39 is 18.6 Å². The van der Waals surface area contributed by atoms with Gasteiger partial charge in [-0.25, -0.2) is 0 Å². The van der Waals surface area contributed by atoms with Gasteiger partial charge in [-0.2, -0.15) is 0 Å². The van der Waals surface area contributed by atoms with Crippen LogP contribution < -0.4 is 10.6 Å². The van der Waals surface area contributed by atoms with Crippen molar-refractivity contribution in [2.24, 2.45) is 0 Å². The van der Waals surface area contributed by atoms with Crippen LogP contribution in [0, 0.1) is 6.92 Å². The Morgan fingerprint density at radius 2 is 1.80 bits per heavy atom. The molecule has 0 saturated heterocycles. The van der Waals surface area contributed by atoms with Crippen LogP contribution in [-0.4, -0.2) is 47.6 Å². The van der Waals surface area contributed by atoms with Crippen LogP contribution in [0.1, 0.15) is 58.2 Å². The van der Waals surface area contributed by atoms with E-state index in [0.717, 1.165) is 0 Å². The first-order valence-electron chi connectivity index (χ1n) is 8.30. The normalized spacial score (nSPS) is 11.8. The number of hydrogen-bond acceptors (Lipinski definition) is 5. The van der Waals surface area contributed by atoms with Gasteiger partial charge in [-0.3, -0.25) is 14.4 Å². The average molecular weight is 350 g/mol. The van der Waals surface area contributed by atoms with Gasteiger partial charge in [0.15, 0.2) is 6.29 Å². The zero-order valence-corrected chi connectivity index (χ0v) is 15.1. The van der Waals surface area contributed by atoms with Gasteiger partial charge >= 0.3 is 0 Å². The number of rotatable bonds is 8. The average Bonchev–Trinajstić information content (AvgIpc) is 2.59. The zero-order valence-electron chi connectivity index (χ0n) is 15.1. The minimum absolute atomic E-state index is 0.110. The molecule has 0 aliphatic carbocycles. The lowest BCUT2D eigenvalue weighted by molar-refractivity contribution is -0.114. The van der Waals surface area contributed by atoms with Crippen molar-refractivity contribution >= 4 is 23.8 Å². The second-order valence-electron chi connectivity index (χ2n) is 5.80. The molecule has 1 unspecified atom stereocenters. The molecule has 0 aliphatic rings. The van der Waals surface area contributed by atoms with Crippen LogP contribution >= 0.6 is 0 Å². The van der Waals surface area contributed by atoms with Gasteiger partial charge in [-0.1, -0.05) is 13.8 Å². The second kappa shape index (κ2) is 9.29. The van der Waals surface area contributed by atoms with Gasteiger partial charge in [-0.15, -0.1) is 0 Å². The maximum Gasteiger partial charge on any atom is 0.252 e. The van der Waals surface area contributed by atoms with Crippen LogP contribution in [0.5, 0.6) is 0 Å². The number of aldehydes is 1. The van der Waals surface area contributed by atoms with Crippen LogP contribution in [-0.2, 0) is 17.6 Å². The number of nitrogens with one attached hydrogen (secondary N) is 2. The third kappa shape index (κ3) is 4.64. The summed E-state index contributed by atoms with van der Waals surface area (Å²) in [5.41, 5.74) is 3.08. The molecule has 1 atom stereocenters. The molecule has 7 heteroatoms. The van der Waals surface area contributed by atoms with Gasteiger partial charge in [0, 0.05) is 30.3 Å². The summed E-state index contributed by atoms with van der Waals surface area (Å²) in [6.07, 6.45) is 0.574. The standard InChI is InChI=1S/C18H26N2O5/c1-5-13-15(9-22)10(3)17(20-11(4)23)14(6-2)16(13)18(25)19-7-12(24)8-21/h9,12,21,24H,5-8H2,1-4H3,(H,19,25)(H,20,23). The van der Waals surface area contributed by atoms with Crippen LogP contribution in [0.15, 0.2) is 0 Å². The van der Waals surface area contributed by atoms with Crippen LogP contribution in [0.4, 0.5) is 5.69 Å². The minimum Gasteiger partial charge on any atom is -0.394 e. The van der Waals surface area contributed by atoms with E-state index in [1.807, 2.05) is 13.8 Å². The minimum atomic E-state index is -1.06. The Kier molecular flexibility index (Phi) is 7.73. The molecule has 0 aromatic heterocycles. The molecule has 2 amide bonds. The maximum absolute atomic E-state index is 12.7. The summed E-state index contributed by atoms with van der Waals surface area (Å²) in [6.45, 7) is 6.24. The van der Waals surface area contributed by atoms with Crippen molar-refractivity contribution in [3.63, 3.8) is 0 Å². The summed E-state index contributed by atoms with van der Waals surface area (Å²) in [7, 11) is 0. The Hall–Kier alpha value is -2.25. The smallest absolute Gasteiger partial charge is 0.252 e. The molecule has 7 nitrogen and oxygen atoms in total. The van der Waals surface area contributed by atoms with E-state index in [9.17, 15) is 19.5 Å². The van der Waals surface area contributed by atoms with Gasteiger partial charge in [0.05, 0.1) is 12.7 Å². The summed E-state index contributed by atoms with van der Waals surface area (Å²) in [6, 6.07) is 0. The van der Waals surface area contributed by atoms with Gasteiger partial charge in [0.2, 0.25) is 5.91 Å². The van der Waals surface area contributed by atoms with Gasteiger partial charge in [0.25, 0.3) is 5.91 Å². The van der Waals surface area contributed by atoms with Crippen molar-refractivity contribution < 1.29 is 24.6 Å². The van der Waals surface area contributed by atoms with E-state index >= 15 is 0 Å². The highest BCUT2D eigenvalue weighted by Crippen LogP contribution is 2.32. The summed E-state index contributed by atoms with van der Waals surface area (Å²) in [5, 5.41) is 23.6. The molecular weight excluding hydrogens is 324 g/mol. The summed E-state index contributed by atoms with van der Waals surface area (Å²) in [4.78, 5) is 35.9. The highest BCUT2D eigenvalue weighted by atomic mass is 16.3. The molecule has 0 fully saturated rings. The number of amides is 2. The molecule has 4 N–H and O–H groups in total. The Balaban J connectivity index is 3.58. The highest BCUT2D eigenvalue weighted by Gasteiger charge is 2.24. The van der Waals surface area contributed by atoms with Gasteiger partial charge in [-0.05, 0) is 36.5 Å². The first kappa shape index (κ1) is 20.8. The number of anilines is 1. The second-order valence-corrected chi connectivity index (χ2v) is 5.80. The predicted molar refractivity (Wildman–Crippen MR) is 95.1 cm³/mol. The van der Waals surface area contributed by atoms with Crippen LogP contribution in [0.2, 0.25) is 0 Å². The highest BCUT2D eigenvalue weighted by molar-refractivity contribution is 6.04. The van der Waals surface area contributed by atoms with Gasteiger partial charge in [0.1, 0.15) is 0 Å². The molecule has 138 valence electrons. The summed E-state index contributed by atoms with van der Waals surface area (Å²) < 4.78 is 0. The first-order valence-corrected chi connectivity index (χ1v) is 8.30. The quantitative estimate of drug-likeness (QED) is 0.522. The maximum atomic E-state index is 12.7. The van der Waals surface area contributed by atoms with E-state index in [4.69, 9.17) is 5.11 Å². The molecule has 1 aromatic carbocycles. The SMILES string of the molecule is CCc1c(C=O)c(C)c(NC(C)=O)c(CC)c1C(=O)NCC(O)CO. The lowest BCUT2D eigenvalue weighted by atomic mass is 9.87. The van der Waals surface area contributed by atoms with E-state index in [1.165, 1.54) is 6.92 Å². The molecule has 0 spiro atoms. The number of carbonyl (C=O) groups excluding carboxylic acids is 3. The molecule has 25 heavy (non-hydrogen) atoms. The Morgan fingerprint density at radius 1 is 1.20 bits per heavy atom. The molecule has 0 aliphatic heterocycles. The molecule has 1 aromatic rings. The van der Waals surface area contributed by atoms with Crippen molar-refractivity contribution in [1.29, 1.82) is 0 Å². The summed E-state index contributed by atoms with van der Waals surface area (Å²) >= 11 is 0. The van der Waals surface area contributed by atoms with Crippen molar-refractivity contribution in [3.8, 4) is 0 Å². The van der Waals surface area contributed by atoms with Crippen LogP contribution in [0.3, 0.4) is 0 Å². The summed E-state index contributed by atoms with van der Waals surface area (Å²) in [5.74, 6) is -0.739. The predicted octanol–water partition coefficient (Wildman–Crippen LogP) is 0.974. The molecule has 0 bridgehead atoms. The number of aliphatic hydroxyl groups excluding tert-OH is 2. The number of carbonyl (C=O) groups is 3. The van der Waals surface area contributed by atoms with E-state index in [1.54, 1.807) is 6.92 Å². The fourth-order valence-electron chi connectivity index (χ4n) is 2.89. The first-order chi connectivity index (χ1) is 11.8. The molecular formula is C18H26N2O5. The zero-order chi connectivity index (χ0) is 19.1. The van der Waals surface area contributed by atoms with E-state index in [2.05, 4.69) is 10.6 Å². The lowest BCUT2D eigenvalue weighted by Gasteiger charge is -2.22. The van der Waals surface area contributed by atoms with Crippen molar-refractivity contribution in [2.45, 2.75) is 46.6 Å². The van der Waals surface area contributed by atoms with Crippen molar-refractivity contribution in [2.75, 3.05) is 18.5 Å². The van der Waals surface area contributed by atoms with Crippen molar-refractivity contribution in [1.82, 2.24) is 5.32 Å². The number of hydrogen-bond donors (Lipinski definition) is 4. The monoisotopic (exact) mass is 350 g/mol. The topological polar surface area (TPSA) is 116 Å². The Labute approximate surface area is 147 Å². The molecule has 1 rings (SSSR count). The molecule has 0 saturated carbocycles. The Bertz CT molecular complexity index is 670. The third-order valence-corrected chi connectivity index (χ3v) is 4.07. The van der Waals surface area contributed by atoms with Gasteiger partial charge < -0.3 is 20.8 Å². The molecule has 0 radical (unpaired) electrons. The molecule has 0 heterocycles. The van der Waals surface area contributed by atoms with Crippen LogP contribution in [0.25, 0.3) is 0 Å². The fourth-order valence-corrected chi connectivity index (χ4v) is 2.89. The fraction of sp³-hybridized carbons (Fsp3) is 0.500. The van der Waals surface area contributed by atoms with E-state index in [-0.39, 0.29) is 12.5 Å². The number of benzene rings is 1. The van der Waals surface area contributed by atoms with E-state index in [0.29, 0.717) is 52.6 Å². The Morgan fingerprint density at radius 3 is 2.24 bits per heavy atom. The van der Waals surface area contributed by atoms with Crippen molar-refractivity contribution in [3.05, 3.63) is 27.8 Å². The third-order valence-electron chi connectivity index (χ3n) is 4.07. The lowest BCUT2D eigenvalue weighted by Crippen LogP contribution is -2.35. The number of aliphatic hydroxyl groups is 2.